The van der Waals surface area contributed by atoms with Gasteiger partial charge in [-0.1, -0.05) is 0 Å². The highest BCUT2D eigenvalue weighted by Gasteiger charge is 2.06. The van der Waals surface area contributed by atoms with Crippen LogP contribution in [0.25, 0.3) is 0 Å². The van der Waals surface area contributed by atoms with E-state index in [1.54, 1.807) is 12.4 Å². The fraction of sp³-hybridized carbons (Fsp3) is 0.300. The molecule has 0 atom stereocenters. The maximum Gasteiger partial charge on any atom is 0.322 e. The lowest BCUT2D eigenvalue weighted by Crippen LogP contribution is -2.14. The molecule has 19 heavy (non-hydrogen) atoms. The van der Waals surface area contributed by atoms with Crippen molar-refractivity contribution in [3.05, 3.63) is 23.8 Å². The average Bonchev–Trinajstić information content (AvgIpc) is 2.46. The average molecular weight is 262 g/mol. The Kier molecular flexibility index (Phi) is 3.98. The van der Waals surface area contributed by atoms with Crippen LogP contribution >= 0.6 is 0 Å². The topological polar surface area (TPSA) is 124 Å². The summed E-state index contributed by atoms with van der Waals surface area (Å²) in [6.45, 7) is 2.31. The van der Waals surface area contributed by atoms with Gasteiger partial charge in [-0.2, -0.15) is 15.0 Å². The Hall–Kier alpha value is -2.55. The third kappa shape index (κ3) is 3.45. The van der Waals surface area contributed by atoms with Gasteiger partial charge in [0.2, 0.25) is 11.9 Å². The number of rotatable bonds is 5. The van der Waals surface area contributed by atoms with Gasteiger partial charge in [0.15, 0.2) is 0 Å². The lowest BCUT2D eigenvalue weighted by atomic mass is 10.4. The van der Waals surface area contributed by atoms with Crippen LogP contribution in [0.4, 0.5) is 11.9 Å². The molecular formula is C10H14N8O. The molecule has 9 nitrogen and oxygen atoms in total. The molecule has 4 N–H and O–H groups in total. The molecule has 0 aliphatic heterocycles. The van der Waals surface area contributed by atoms with Crippen LogP contribution in [-0.4, -0.2) is 32.0 Å². The molecule has 2 aromatic heterocycles. The molecule has 0 amide bonds. The summed E-state index contributed by atoms with van der Waals surface area (Å²) in [5.74, 6) is 5.81. The van der Waals surface area contributed by atoms with Crippen molar-refractivity contribution in [2.24, 2.45) is 5.84 Å². The standard InChI is InChI=1S/C10H14N8O/c1-6-3-13-7(4-12-6)5-14-8-15-9(18-11)17-10(16-8)19-2/h3-4H,5,11H2,1-2H3,(H2,14,15,16,17,18). The first-order valence-electron chi connectivity index (χ1n) is 5.49. The van der Waals surface area contributed by atoms with Gasteiger partial charge in [-0.25, -0.2) is 5.84 Å². The first-order chi connectivity index (χ1) is 9.21. The predicted molar refractivity (Wildman–Crippen MR) is 68.3 cm³/mol. The summed E-state index contributed by atoms with van der Waals surface area (Å²) < 4.78 is 4.94. The van der Waals surface area contributed by atoms with Crippen LogP contribution in [0.2, 0.25) is 0 Å². The minimum Gasteiger partial charge on any atom is -0.467 e. The van der Waals surface area contributed by atoms with Gasteiger partial charge in [-0.15, -0.1) is 0 Å². The van der Waals surface area contributed by atoms with Crippen LogP contribution in [0.3, 0.4) is 0 Å². The second-order valence-electron chi connectivity index (χ2n) is 3.62. The third-order valence-electron chi connectivity index (χ3n) is 2.19. The molecule has 0 spiro atoms. The van der Waals surface area contributed by atoms with E-state index in [9.17, 15) is 0 Å². The molecule has 0 fully saturated rings. The minimum atomic E-state index is 0.167. The summed E-state index contributed by atoms with van der Waals surface area (Å²) in [5.41, 5.74) is 3.97. The van der Waals surface area contributed by atoms with Crippen molar-refractivity contribution < 1.29 is 4.74 Å². The highest BCUT2D eigenvalue weighted by molar-refractivity contribution is 5.35. The molecule has 0 radical (unpaired) electrons. The van der Waals surface area contributed by atoms with Crippen molar-refractivity contribution in [2.45, 2.75) is 13.5 Å². The Morgan fingerprint density at radius 1 is 1.16 bits per heavy atom. The van der Waals surface area contributed by atoms with Crippen LogP contribution < -0.4 is 21.3 Å². The van der Waals surface area contributed by atoms with Gasteiger partial charge >= 0.3 is 6.01 Å². The van der Waals surface area contributed by atoms with Crippen molar-refractivity contribution in [1.82, 2.24) is 24.9 Å². The molecule has 0 saturated carbocycles. The SMILES string of the molecule is COc1nc(NN)nc(NCc2cnc(C)cn2)n1. The number of aromatic nitrogens is 5. The van der Waals surface area contributed by atoms with E-state index in [-0.39, 0.29) is 12.0 Å². The van der Waals surface area contributed by atoms with Crippen molar-refractivity contribution in [2.75, 3.05) is 17.9 Å². The van der Waals surface area contributed by atoms with E-state index in [1.165, 1.54) is 7.11 Å². The number of hydrogen-bond donors (Lipinski definition) is 3. The molecule has 2 heterocycles. The van der Waals surface area contributed by atoms with Crippen LogP contribution in [0, 0.1) is 6.92 Å². The largest absolute Gasteiger partial charge is 0.467 e. The molecule has 0 aliphatic rings. The van der Waals surface area contributed by atoms with E-state index >= 15 is 0 Å². The summed E-state index contributed by atoms with van der Waals surface area (Å²) in [5, 5.41) is 2.99. The van der Waals surface area contributed by atoms with E-state index < -0.39 is 0 Å². The zero-order valence-electron chi connectivity index (χ0n) is 10.6. The number of aryl methyl sites for hydroxylation is 1. The van der Waals surface area contributed by atoms with Gasteiger partial charge in [-0.3, -0.25) is 15.4 Å². The van der Waals surface area contributed by atoms with Gasteiger partial charge in [-0.05, 0) is 6.92 Å². The van der Waals surface area contributed by atoms with E-state index in [1.807, 2.05) is 6.92 Å². The number of hydrazine groups is 1. The predicted octanol–water partition coefficient (Wildman–Crippen LogP) is -0.124. The number of nitrogens with one attached hydrogen (secondary N) is 2. The minimum absolute atomic E-state index is 0.167. The highest BCUT2D eigenvalue weighted by Crippen LogP contribution is 2.10. The molecule has 2 rings (SSSR count). The van der Waals surface area contributed by atoms with E-state index in [0.717, 1.165) is 11.4 Å². The fourth-order valence-corrected chi connectivity index (χ4v) is 1.27. The van der Waals surface area contributed by atoms with E-state index in [4.69, 9.17) is 10.6 Å². The van der Waals surface area contributed by atoms with Crippen molar-refractivity contribution >= 4 is 11.9 Å². The fourth-order valence-electron chi connectivity index (χ4n) is 1.27. The Morgan fingerprint density at radius 2 is 1.95 bits per heavy atom. The number of anilines is 2. The normalized spacial score (nSPS) is 10.1. The zero-order chi connectivity index (χ0) is 13.7. The van der Waals surface area contributed by atoms with Crippen LogP contribution in [0.1, 0.15) is 11.4 Å². The van der Waals surface area contributed by atoms with Gasteiger partial charge in [0, 0.05) is 6.20 Å². The second-order valence-corrected chi connectivity index (χ2v) is 3.62. The Morgan fingerprint density at radius 3 is 2.58 bits per heavy atom. The lowest BCUT2D eigenvalue weighted by Gasteiger charge is -2.07. The number of nitrogens with zero attached hydrogens (tertiary/aromatic N) is 5. The molecule has 0 bridgehead atoms. The zero-order valence-corrected chi connectivity index (χ0v) is 10.6. The second kappa shape index (κ2) is 5.87. The molecule has 0 aromatic carbocycles. The van der Waals surface area contributed by atoms with Gasteiger partial charge in [0.1, 0.15) is 0 Å². The molecule has 0 aliphatic carbocycles. The number of ether oxygens (including phenoxy) is 1. The summed E-state index contributed by atoms with van der Waals surface area (Å²) in [6, 6.07) is 0.167. The summed E-state index contributed by atoms with van der Waals surface area (Å²) >= 11 is 0. The van der Waals surface area contributed by atoms with Crippen molar-refractivity contribution in [3.63, 3.8) is 0 Å². The maximum atomic E-state index is 5.26. The van der Waals surface area contributed by atoms with Crippen LogP contribution in [0.5, 0.6) is 6.01 Å². The molecule has 2 aromatic rings. The maximum absolute atomic E-state index is 5.26. The van der Waals surface area contributed by atoms with Gasteiger partial charge in [0.25, 0.3) is 0 Å². The van der Waals surface area contributed by atoms with Crippen molar-refractivity contribution in [3.8, 4) is 6.01 Å². The monoisotopic (exact) mass is 262 g/mol. The number of nitrogens with two attached hydrogens (primary N) is 1. The molecule has 0 unspecified atom stereocenters. The number of nitrogen functional groups attached to an aromatic ring is 1. The van der Waals surface area contributed by atoms with Crippen LogP contribution in [-0.2, 0) is 6.54 Å². The quantitative estimate of drug-likeness (QED) is 0.499. The first kappa shape index (κ1) is 12.9. The Bertz CT molecular complexity index is 521. The van der Waals surface area contributed by atoms with E-state index in [2.05, 4.69) is 35.7 Å². The van der Waals surface area contributed by atoms with Gasteiger partial charge < -0.3 is 10.1 Å². The summed E-state index contributed by atoms with van der Waals surface area (Å²) in [6.07, 6.45) is 3.38. The van der Waals surface area contributed by atoms with E-state index in [0.29, 0.717) is 12.5 Å². The molecule has 9 heteroatoms. The highest BCUT2D eigenvalue weighted by atomic mass is 16.5. The number of hydrogen-bond acceptors (Lipinski definition) is 9. The van der Waals surface area contributed by atoms with Crippen molar-refractivity contribution in [1.29, 1.82) is 0 Å². The Balaban J connectivity index is 2.08. The molecule has 0 saturated heterocycles. The third-order valence-corrected chi connectivity index (χ3v) is 2.19. The lowest BCUT2D eigenvalue weighted by molar-refractivity contribution is 0.379. The molecular weight excluding hydrogens is 248 g/mol. The summed E-state index contributed by atoms with van der Waals surface area (Å²) in [4.78, 5) is 20.3. The first-order valence-corrected chi connectivity index (χ1v) is 5.49. The smallest absolute Gasteiger partial charge is 0.322 e. The Labute approximate surface area is 109 Å². The molecule has 100 valence electrons. The van der Waals surface area contributed by atoms with Gasteiger partial charge in [0.05, 0.1) is 31.2 Å². The summed E-state index contributed by atoms with van der Waals surface area (Å²) in [7, 11) is 1.46. The number of methoxy groups -OCH3 is 1. The van der Waals surface area contributed by atoms with Crippen LogP contribution in [0.15, 0.2) is 12.4 Å².